The fraction of sp³-hybridized carbons (Fsp3) is 0.692. The zero-order valence-corrected chi connectivity index (χ0v) is 13.9. The monoisotopic (exact) mass is 328 g/mol. The number of amides is 1. The van der Waals surface area contributed by atoms with Gasteiger partial charge in [0.05, 0.1) is 6.54 Å². The van der Waals surface area contributed by atoms with Crippen LogP contribution in [0.5, 0.6) is 0 Å². The molecular weight excluding hydrogens is 308 g/mol. The predicted molar refractivity (Wildman–Crippen MR) is 81.2 cm³/mol. The van der Waals surface area contributed by atoms with Crippen LogP contribution in [0.4, 0.5) is 9.93 Å². The van der Waals surface area contributed by atoms with E-state index in [4.69, 9.17) is 4.74 Å². The molecule has 2 heterocycles. The number of anilines is 1. The Kier molecular flexibility index (Phi) is 4.28. The Morgan fingerprint density at radius 2 is 2.09 bits per heavy atom. The third kappa shape index (κ3) is 3.65. The first-order valence-corrected chi connectivity index (χ1v) is 7.73. The van der Waals surface area contributed by atoms with Gasteiger partial charge >= 0.3 is 12.1 Å². The van der Waals surface area contributed by atoms with Crippen molar-refractivity contribution in [2.75, 3.05) is 18.0 Å². The summed E-state index contributed by atoms with van der Waals surface area (Å²) in [6.07, 6.45) is -0.453. The topological polar surface area (TPSA) is 105 Å². The Labute approximate surface area is 132 Å². The van der Waals surface area contributed by atoms with E-state index in [1.165, 1.54) is 11.3 Å². The molecule has 1 saturated heterocycles. The Balaban J connectivity index is 2.11. The number of ether oxygens (including phenoxy) is 1. The number of aryl methyl sites for hydroxylation is 1. The largest absolute Gasteiger partial charge is 0.479 e. The number of nitrogens with one attached hydrogen (secondary N) is 1. The number of aliphatic carboxylic acids is 1. The van der Waals surface area contributed by atoms with E-state index in [0.29, 0.717) is 11.7 Å². The van der Waals surface area contributed by atoms with E-state index in [1.807, 2.05) is 11.8 Å². The lowest BCUT2D eigenvalue weighted by molar-refractivity contribution is -0.143. The van der Waals surface area contributed by atoms with Crippen molar-refractivity contribution in [1.82, 2.24) is 15.5 Å². The summed E-state index contributed by atoms with van der Waals surface area (Å²) < 4.78 is 5.16. The number of aromatic nitrogens is 2. The normalized spacial score (nSPS) is 21.7. The lowest BCUT2D eigenvalue weighted by Crippen LogP contribution is -2.57. The second kappa shape index (κ2) is 5.71. The standard InChI is InChI=1S/C13H20N4O4S/c1-8-15-16-10(22-8)17-6-5-13(7-17,9(18)19)14-11(20)21-12(2,3)4/h5-7H2,1-4H3,(H,14,20)(H,18,19). The van der Waals surface area contributed by atoms with E-state index >= 15 is 0 Å². The summed E-state index contributed by atoms with van der Waals surface area (Å²) in [7, 11) is 0. The highest BCUT2D eigenvalue weighted by molar-refractivity contribution is 7.15. The van der Waals surface area contributed by atoms with Crippen LogP contribution in [-0.4, -0.2) is 51.6 Å². The van der Waals surface area contributed by atoms with Gasteiger partial charge in [0.1, 0.15) is 10.6 Å². The molecule has 1 unspecified atom stereocenters. The second-order valence-electron chi connectivity index (χ2n) is 6.29. The molecule has 0 aliphatic carbocycles. The molecule has 122 valence electrons. The number of hydrogen-bond acceptors (Lipinski definition) is 7. The predicted octanol–water partition coefficient (Wildman–Crippen LogP) is 1.40. The Hall–Kier alpha value is -1.90. The van der Waals surface area contributed by atoms with Gasteiger partial charge in [-0.3, -0.25) is 0 Å². The molecule has 0 spiro atoms. The number of alkyl carbamates (subject to hydrolysis) is 1. The number of carbonyl (C=O) groups excluding carboxylic acids is 1. The number of rotatable bonds is 3. The van der Waals surface area contributed by atoms with Gasteiger partial charge in [0, 0.05) is 13.0 Å². The smallest absolute Gasteiger partial charge is 0.408 e. The third-order valence-corrected chi connectivity index (χ3v) is 4.10. The molecule has 0 bridgehead atoms. The molecule has 1 aliphatic rings. The van der Waals surface area contributed by atoms with Gasteiger partial charge in [0.15, 0.2) is 5.54 Å². The molecule has 22 heavy (non-hydrogen) atoms. The number of carboxylic acids is 1. The van der Waals surface area contributed by atoms with Crippen molar-refractivity contribution in [3.63, 3.8) is 0 Å². The fourth-order valence-electron chi connectivity index (χ4n) is 2.22. The molecule has 1 fully saturated rings. The number of carbonyl (C=O) groups is 2. The summed E-state index contributed by atoms with van der Waals surface area (Å²) in [5.74, 6) is -1.08. The molecule has 0 aromatic carbocycles. The SMILES string of the molecule is Cc1nnc(N2CCC(NC(=O)OC(C)(C)C)(C(=O)O)C2)s1. The highest BCUT2D eigenvalue weighted by Gasteiger charge is 2.47. The van der Waals surface area contributed by atoms with Crippen LogP contribution in [0.3, 0.4) is 0 Å². The summed E-state index contributed by atoms with van der Waals surface area (Å²) in [6, 6.07) is 0. The quantitative estimate of drug-likeness (QED) is 0.864. The maximum atomic E-state index is 11.9. The maximum Gasteiger partial charge on any atom is 0.408 e. The molecule has 1 aliphatic heterocycles. The minimum Gasteiger partial charge on any atom is -0.479 e. The average Bonchev–Trinajstić information content (AvgIpc) is 2.94. The van der Waals surface area contributed by atoms with E-state index in [0.717, 1.165) is 5.01 Å². The molecule has 9 heteroatoms. The van der Waals surface area contributed by atoms with Crippen molar-refractivity contribution in [2.24, 2.45) is 0 Å². The van der Waals surface area contributed by atoms with Gasteiger partial charge in [-0.2, -0.15) is 0 Å². The first-order valence-electron chi connectivity index (χ1n) is 6.91. The van der Waals surface area contributed by atoms with Gasteiger partial charge in [-0.05, 0) is 27.7 Å². The van der Waals surface area contributed by atoms with Crippen molar-refractivity contribution in [3.05, 3.63) is 5.01 Å². The van der Waals surface area contributed by atoms with Crippen molar-refractivity contribution < 1.29 is 19.4 Å². The Bertz CT molecular complexity index is 583. The first kappa shape index (κ1) is 16.5. The minimum absolute atomic E-state index is 0.135. The Morgan fingerprint density at radius 1 is 1.41 bits per heavy atom. The molecule has 2 N–H and O–H groups in total. The number of nitrogens with zero attached hydrogens (tertiary/aromatic N) is 3. The summed E-state index contributed by atoms with van der Waals surface area (Å²) in [6.45, 7) is 7.63. The number of carboxylic acid groups (broad SMARTS) is 1. The van der Waals surface area contributed by atoms with Crippen LogP contribution >= 0.6 is 11.3 Å². The van der Waals surface area contributed by atoms with Crippen molar-refractivity contribution >= 4 is 28.5 Å². The molecule has 0 saturated carbocycles. The molecule has 8 nitrogen and oxygen atoms in total. The molecule has 2 rings (SSSR count). The first-order chi connectivity index (χ1) is 10.1. The molecular formula is C13H20N4O4S. The summed E-state index contributed by atoms with van der Waals surface area (Å²) in [5, 5.41) is 21.5. The van der Waals surface area contributed by atoms with E-state index in [1.54, 1.807) is 20.8 Å². The molecule has 1 amide bonds. The zero-order chi connectivity index (χ0) is 16.5. The van der Waals surface area contributed by atoms with Gasteiger partial charge in [-0.1, -0.05) is 11.3 Å². The summed E-state index contributed by atoms with van der Waals surface area (Å²) in [5.41, 5.74) is -2.06. The van der Waals surface area contributed by atoms with Crippen LogP contribution in [-0.2, 0) is 9.53 Å². The average molecular weight is 328 g/mol. The van der Waals surface area contributed by atoms with Gasteiger partial charge in [-0.15, -0.1) is 10.2 Å². The lowest BCUT2D eigenvalue weighted by atomic mass is 9.99. The highest BCUT2D eigenvalue weighted by Crippen LogP contribution is 2.29. The fourth-order valence-corrected chi connectivity index (χ4v) is 2.93. The van der Waals surface area contributed by atoms with Crippen LogP contribution in [0.1, 0.15) is 32.2 Å². The van der Waals surface area contributed by atoms with E-state index in [9.17, 15) is 14.7 Å². The van der Waals surface area contributed by atoms with E-state index < -0.39 is 23.2 Å². The van der Waals surface area contributed by atoms with Crippen LogP contribution in [0.15, 0.2) is 0 Å². The van der Waals surface area contributed by atoms with Crippen molar-refractivity contribution in [3.8, 4) is 0 Å². The van der Waals surface area contributed by atoms with Crippen LogP contribution in [0.25, 0.3) is 0 Å². The van der Waals surface area contributed by atoms with Gasteiger partial charge in [-0.25, -0.2) is 9.59 Å². The van der Waals surface area contributed by atoms with Crippen molar-refractivity contribution in [1.29, 1.82) is 0 Å². The van der Waals surface area contributed by atoms with Crippen LogP contribution in [0.2, 0.25) is 0 Å². The molecule has 1 aromatic heterocycles. The summed E-state index contributed by atoms with van der Waals surface area (Å²) >= 11 is 1.39. The molecule has 1 atom stereocenters. The maximum absolute atomic E-state index is 11.9. The highest BCUT2D eigenvalue weighted by atomic mass is 32.1. The molecule has 1 aromatic rings. The lowest BCUT2D eigenvalue weighted by Gasteiger charge is -2.28. The van der Waals surface area contributed by atoms with Gasteiger partial charge < -0.3 is 20.1 Å². The van der Waals surface area contributed by atoms with Crippen LogP contribution < -0.4 is 10.2 Å². The summed E-state index contributed by atoms with van der Waals surface area (Å²) in [4.78, 5) is 25.4. The Morgan fingerprint density at radius 3 is 2.59 bits per heavy atom. The van der Waals surface area contributed by atoms with Crippen LogP contribution in [0, 0.1) is 6.92 Å². The second-order valence-corrected chi connectivity index (χ2v) is 7.45. The van der Waals surface area contributed by atoms with Crippen molar-refractivity contribution in [2.45, 2.75) is 45.3 Å². The van der Waals surface area contributed by atoms with Gasteiger partial charge in [0.2, 0.25) is 5.13 Å². The molecule has 0 radical (unpaired) electrons. The van der Waals surface area contributed by atoms with Gasteiger partial charge in [0.25, 0.3) is 0 Å². The third-order valence-electron chi connectivity index (χ3n) is 3.20. The minimum atomic E-state index is -1.37. The zero-order valence-electron chi connectivity index (χ0n) is 13.0. The van der Waals surface area contributed by atoms with E-state index in [-0.39, 0.29) is 13.0 Å². The van der Waals surface area contributed by atoms with E-state index in [2.05, 4.69) is 15.5 Å². The number of hydrogen-bond donors (Lipinski definition) is 2.